The predicted octanol–water partition coefficient (Wildman–Crippen LogP) is 1.91. The molecule has 1 N–H and O–H groups in total. The average molecular weight is 316 g/mol. The van der Waals surface area contributed by atoms with Gasteiger partial charge in [-0.05, 0) is 36.7 Å². The minimum absolute atomic E-state index is 0.110. The average Bonchev–Trinajstić information content (AvgIpc) is 3.13. The second-order valence-corrected chi connectivity index (χ2v) is 5.40. The second kappa shape index (κ2) is 5.94. The topological polar surface area (TPSA) is 90.0 Å². The number of nitrogens with zero attached hydrogens (tertiary/aromatic N) is 3. The largest absolute Gasteiger partial charge is 0.463 e. The molecule has 0 aliphatic carbocycles. The first-order chi connectivity index (χ1) is 10.6. The Kier molecular flexibility index (Phi) is 3.84. The summed E-state index contributed by atoms with van der Waals surface area (Å²) in [7, 11) is 0. The van der Waals surface area contributed by atoms with Crippen molar-refractivity contribution in [2.75, 3.05) is 5.32 Å². The molecule has 3 aromatic rings. The lowest BCUT2D eigenvalue weighted by Crippen LogP contribution is -2.27. The van der Waals surface area contributed by atoms with E-state index in [0.29, 0.717) is 16.5 Å². The normalized spacial score (nSPS) is 10.6. The van der Waals surface area contributed by atoms with Gasteiger partial charge in [-0.2, -0.15) is 4.37 Å². The van der Waals surface area contributed by atoms with E-state index in [4.69, 9.17) is 4.42 Å². The van der Waals surface area contributed by atoms with Crippen molar-refractivity contribution >= 4 is 22.4 Å². The van der Waals surface area contributed by atoms with Crippen molar-refractivity contribution in [2.24, 2.45) is 0 Å². The zero-order chi connectivity index (χ0) is 15.5. The van der Waals surface area contributed by atoms with E-state index < -0.39 is 0 Å². The van der Waals surface area contributed by atoms with E-state index in [9.17, 15) is 9.59 Å². The number of hydrogen-bond donors (Lipinski definition) is 1. The molecule has 0 atom stereocenters. The first kappa shape index (κ1) is 14.2. The third kappa shape index (κ3) is 3.12. The monoisotopic (exact) mass is 316 g/mol. The Morgan fingerprint density at radius 1 is 1.45 bits per heavy atom. The zero-order valence-corrected chi connectivity index (χ0v) is 12.5. The quantitative estimate of drug-likeness (QED) is 0.794. The maximum absolute atomic E-state index is 12.0. The summed E-state index contributed by atoms with van der Waals surface area (Å²) in [4.78, 5) is 28.1. The highest BCUT2D eigenvalue weighted by molar-refractivity contribution is 7.10. The highest BCUT2D eigenvalue weighted by atomic mass is 32.1. The molecule has 3 heterocycles. The predicted molar refractivity (Wildman–Crippen MR) is 81.7 cm³/mol. The summed E-state index contributed by atoms with van der Waals surface area (Å²) in [5, 5.41) is 3.34. The van der Waals surface area contributed by atoms with Gasteiger partial charge in [0.2, 0.25) is 5.91 Å². The Morgan fingerprint density at radius 2 is 2.32 bits per heavy atom. The van der Waals surface area contributed by atoms with E-state index in [1.54, 1.807) is 18.2 Å². The Hall–Kier alpha value is -2.74. The van der Waals surface area contributed by atoms with Crippen LogP contribution in [-0.4, -0.2) is 19.8 Å². The number of aromatic nitrogens is 3. The molecule has 0 spiro atoms. The van der Waals surface area contributed by atoms with Gasteiger partial charge in [0.15, 0.2) is 5.76 Å². The maximum Gasteiger partial charge on any atom is 0.254 e. The van der Waals surface area contributed by atoms with Crippen molar-refractivity contribution in [3.05, 3.63) is 52.9 Å². The summed E-state index contributed by atoms with van der Waals surface area (Å²) in [6.45, 7) is 1.73. The lowest BCUT2D eigenvalue weighted by molar-refractivity contribution is -0.116. The van der Waals surface area contributed by atoms with Gasteiger partial charge in [-0.1, -0.05) is 0 Å². The maximum atomic E-state index is 12.0. The minimum Gasteiger partial charge on any atom is -0.463 e. The molecule has 8 heteroatoms. The van der Waals surface area contributed by atoms with Gasteiger partial charge < -0.3 is 9.73 Å². The number of aryl methyl sites for hydroxylation is 1. The van der Waals surface area contributed by atoms with Crippen molar-refractivity contribution in [1.29, 1.82) is 0 Å². The fourth-order valence-electron chi connectivity index (χ4n) is 1.86. The van der Waals surface area contributed by atoms with Crippen molar-refractivity contribution in [3.8, 4) is 11.5 Å². The molecule has 7 nitrogen and oxygen atoms in total. The summed E-state index contributed by atoms with van der Waals surface area (Å²) in [6.07, 6.45) is 2.84. The number of carbonyl (C=O) groups excluding carboxylic acids is 1. The number of nitrogens with one attached hydrogen (secondary N) is 1. The van der Waals surface area contributed by atoms with Crippen LogP contribution in [0.5, 0.6) is 0 Å². The van der Waals surface area contributed by atoms with Gasteiger partial charge in [0.1, 0.15) is 17.2 Å². The van der Waals surface area contributed by atoms with E-state index in [-0.39, 0.29) is 18.0 Å². The van der Waals surface area contributed by atoms with Crippen molar-refractivity contribution in [1.82, 2.24) is 13.9 Å². The van der Waals surface area contributed by atoms with Crippen LogP contribution in [-0.2, 0) is 11.3 Å². The highest BCUT2D eigenvalue weighted by Crippen LogP contribution is 2.16. The zero-order valence-electron chi connectivity index (χ0n) is 11.6. The van der Waals surface area contributed by atoms with Crippen molar-refractivity contribution < 1.29 is 9.21 Å². The summed E-state index contributed by atoms with van der Waals surface area (Å²) in [5.41, 5.74) is 0.948. The molecule has 1 amide bonds. The van der Waals surface area contributed by atoms with Crippen LogP contribution in [0.1, 0.15) is 5.69 Å². The van der Waals surface area contributed by atoms with E-state index >= 15 is 0 Å². The van der Waals surface area contributed by atoms with Gasteiger partial charge >= 0.3 is 0 Å². The standard InChI is InChI=1S/C14H12N4O3S/c1-9-5-13(22-17-9)16-12(19)7-18-8-15-10(6-14(18)20)11-3-2-4-21-11/h2-6,8H,7H2,1H3,(H,16,19). The molecule has 22 heavy (non-hydrogen) atoms. The Labute approximate surface area is 129 Å². The van der Waals surface area contributed by atoms with Gasteiger partial charge in [-0.15, -0.1) is 0 Å². The first-order valence-corrected chi connectivity index (χ1v) is 7.23. The molecule has 3 aromatic heterocycles. The van der Waals surface area contributed by atoms with Gasteiger partial charge in [-0.3, -0.25) is 14.2 Å². The lowest BCUT2D eigenvalue weighted by Gasteiger charge is -2.05. The number of anilines is 1. The molecule has 0 saturated heterocycles. The molecule has 0 fully saturated rings. The van der Waals surface area contributed by atoms with Gasteiger partial charge in [0, 0.05) is 6.07 Å². The molecule has 0 aliphatic rings. The first-order valence-electron chi connectivity index (χ1n) is 6.45. The second-order valence-electron chi connectivity index (χ2n) is 4.60. The SMILES string of the molecule is Cc1cc(NC(=O)Cn2cnc(-c3ccco3)cc2=O)sn1. The molecule has 0 bridgehead atoms. The van der Waals surface area contributed by atoms with E-state index in [0.717, 1.165) is 5.69 Å². The summed E-state index contributed by atoms with van der Waals surface area (Å²) in [5.74, 6) is 0.201. The van der Waals surface area contributed by atoms with Crippen LogP contribution in [0.15, 0.2) is 46.1 Å². The molecule has 0 radical (unpaired) electrons. The van der Waals surface area contributed by atoms with Gasteiger partial charge in [0.25, 0.3) is 5.56 Å². The lowest BCUT2D eigenvalue weighted by atomic mass is 10.3. The third-order valence-electron chi connectivity index (χ3n) is 2.86. The van der Waals surface area contributed by atoms with E-state index in [2.05, 4.69) is 14.7 Å². The van der Waals surface area contributed by atoms with Gasteiger partial charge in [-0.25, -0.2) is 4.98 Å². The number of furan rings is 1. The molecule has 0 unspecified atom stereocenters. The van der Waals surface area contributed by atoms with Crippen LogP contribution >= 0.6 is 11.5 Å². The Morgan fingerprint density at radius 3 is 2.95 bits per heavy atom. The highest BCUT2D eigenvalue weighted by Gasteiger charge is 2.09. The third-order valence-corrected chi connectivity index (χ3v) is 3.65. The van der Waals surface area contributed by atoms with Crippen molar-refractivity contribution in [2.45, 2.75) is 13.5 Å². The number of hydrogen-bond acceptors (Lipinski definition) is 6. The van der Waals surface area contributed by atoms with Gasteiger partial charge in [0.05, 0.1) is 18.3 Å². The Bertz CT molecular complexity index is 851. The number of rotatable bonds is 4. The molecule has 112 valence electrons. The number of carbonyl (C=O) groups is 1. The summed E-state index contributed by atoms with van der Waals surface area (Å²) >= 11 is 1.20. The van der Waals surface area contributed by atoms with Crippen LogP contribution in [0.3, 0.4) is 0 Å². The van der Waals surface area contributed by atoms with Crippen molar-refractivity contribution in [3.63, 3.8) is 0 Å². The molecule has 0 saturated carbocycles. The molecule has 0 aliphatic heterocycles. The van der Waals surface area contributed by atoms with Crippen LogP contribution in [0.25, 0.3) is 11.5 Å². The molecular weight excluding hydrogens is 304 g/mol. The minimum atomic E-state index is -0.322. The summed E-state index contributed by atoms with van der Waals surface area (Å²) in [6, 6.07) is 6.53. The molecule has 0 aromatic carbocycles. The van der Waals surface area contributed by atoms with Crippen LogP contribution in [0.2, 0.25) is 0 Å². The fraction of sp³-hybridized carbons (Fsp3) is 0.143. The summed E-state index contributed by atoms with van der Waals surface area (Å²) < 4.78 is 10.5. The van der Waals surface area contributed by atoms with E-state index in [1.807, 2.05) is 6.92 Å². The smallest absolute Gasteiger partial charge is 0.254 e. The fourth-order valence-corrected chi connectivity index (χ4v) is 2.54. The number of amides is 1. The molecule has 3 rings (SSSR count). The van der Waals surface area contributed by atoms with E-state index in [1.165, 1.54) is 34.8 Å². The Balaban J connectivity index is 1.72. The molecular formula is C14H12N4O3S. The van der Waals surface area contributed by atoms with Crippen LogP contribution in [0.4, 0.5) is 5.00 Å². The van der Waals surface area contributed by atoms with Crippen LogP contribution in [0, 0.1) is 6.92 Å². The van der Waals surface area contributed by atoms with Crippen LogP contribution < -0.4 is 10.9 Å².